The van der Waals surface area contributed by atoms with Crippen LogP contribution in [0.2, 0.25) is 0 Å². The molecular weight excluding hydrogens is 210 g/mol. The van der Waals surface area contributed by atoms with Gasteiger partial charge in [0.15, 0.2) is 0 Å². The SMILES string of the molecule is CCC1(CC)N[C@H](C(=O)OC(C)C)CS1. The highest BCUT2D eigenvalue weighted by Crippen LogP contribution is 2.36. The maximum Gasteiger partial charge on any atom is 0.324 e. The van der Waals surface area contributed by atoms with Crippen molar-refractivity contribution in [1.82, 2.24) is 5.32 Å². The zero-order valence-electron chi connectivity index (χ0n) is 10.0. The summed E-state index contributed by atoms with van der Waals surface area (Å²) in [6, 6.07) is -0.128. The van der Waals surface area contributed by atoms with E-state index in [1.165, 1.54) is 0 Å². The van der Waals surface area contributed by atoms with Crippen LogP contribution >= 0.6 is 11.8 Å². The van der Waals surface area contributed by atoms with E-state index in [0.717, 1.165) is 18.6 Å². The molecule has 1 aliphatic heterocycles. The second-order valence-corrected chi connectivity index (χ2v) is 5.60. The van der Waals surface area contributed by atoms with E-state index in [1.807, 2.05) is 25.6 Å². The highest BCUT2D eigenvalue weighted by atomic mass is 32.2. The number of ether oxygens (including phenoxy) is 1. The highest BCUT2D eigenvalue weighted by Gasteiger charge is 2.40. The van der Waals surface area contributed by atoms with Gasteiger partial charge in [-0.3, -0.25) is 10.1 Å². The van der Waals surface area contributed by atoms with Crippen LogP contribution in [0, 0.1) is 0 Å². The Labute approximate surface area is 96.3 Å². The molecule has 0 radical (unpaired) electrons. The standard InChI is InChI=1S/C11H21NO2S/c1-5-11(6-2)12-9(7-15-11)10(13)14-8(3)4/h8-9,12H,5-7H2,1-4H3/t9-/m0/s1. The molecule has 1 N–H and O–H groups in total. The zero-order valence-corrected chi connectivity index (χ0v) is 10.8. The third-order valence-electron chi connectivity index (χ3n) is 2.74. The fraction of sp³-hybridized carbons (Fsp3) is 0.909. The molecule has 88 valence electrons. The Morgan fingerprint density at radius 1 is 1.53 bits per heavy atom. The topological polar surface area (TPSA) is 38.3 Å². The molecule has 0 amide bonds. The quantitative estimate of drug-likeness (QED) is 0.753. The first-order valence-corrected chi connectivity index (χ1v) is 6.63. The molecule has 1 heterocycles. The van der Waals surface area contributed by atoms with E-state index in [9.17, 15) is 4.79 Å². The molecule has 0 unspecified atom stereocenters. The van der Waals surface area contributed by atoms with Gasteiger partial charge in [-0.2, -0.15) is 0 Å². The smallest absolute Gasteiger partial charge is 0.324 e. The summed E-state index contributed by atoms with van der Waals surface area (Å²) in [5.74, 6) is 0.717. The molecule has 0 spiro atoms. The molecule has 1 aliphatic rings. The second-order valence-electron chi connectivity index (χ2n) is 4.19. The van der Waals surface area contributed by atoms with Gasteiger partial charge in [0.05, 0.1) is 11.0 Å². The zero-order chi connectivity index (χ0) is 11.5. The second kappa shape index (κ2) is 5.21. The first-order valence-electron chi connectivity index (χ1n) is 5.65. The molecule has 3 nitrogen and oxygen atoms in total. The predicted molar refractivity (Wildman–Crippen MR) is 63.9 cm³/mol. The van der Waals surface area contributed by atoms with Gasteiger partial charge in [-0.05, 0) is 26.7 Å². The van der Waals surface area contributed by atoms with Gasteiger partial charge < -0.3 is 4.74 Å². The largest absolute Gasteiger partial charge is 0.462 e. The lowest BCUT2D eigenvalue weighted by molar-refractivity contribution is -0.149. The van der Waals surface area contributed by atoms with Crippen LogP contribution in [0.5, 0.6) is 0 Å². The van der Waals surface area contributed by atoms with Gasteiger partial charge in [-0.15, -0.1) is 11.8 Å². The minimum atomic E-state index is -0.128. The Morgan fingerprint density at radius 2 is 2.13 bits per heavy atom. The van der Waals surface area contributed by atoms with Crippen molar-refractivity contribution in [3.63, 3.8) is 0 Å². The normalized spacial score (nSPS) is 24.5. The summed E-state index contributed by atoms with van der Waals surface area (Å²) in [4.78, 5) is 11.8. The average Bonchev–Trinajstić information content (AvgIpc) is 2.62. The summed E-state index contributed by atoms with van der Waals surface area (Å²) in [5.41, 5.74) is 0. The molecule has 0 aromatic heterocycles. The van der Waals surface area contributed by atoms with Crippen molar-refractivity contribution in [2.75, 3.05) is 5.75 Å². The van der Waals surface area contributed by atoms with Crippen molar-refractivity contribution in [2.45, 2.75) is 57.6 Å². The van der Waals surface area contributed by atoms with Crippen molar-refractivity contribution in [3.05, 3.63) is 0 Å². The number of hydrogen-bond donors (Lipinski definition) is 1. The predicted octanol–water partition coefficient (Wildman–Crippen LogP) is 2.16. The number of esters is 1. The van der Waals surface area contributed by atoms with Gasteiger partial charge in [0.1, 0.15) is 6.04 Å². The fourth-order valence-corrected chi connectivity index (χ4v) is 3.08. The highest BCUT2D eigenvalue weighted by molar-refractivity contribution is 8.00. The summed E-state index contributed by atoms with van der Waals surface area (Å²) in [5, 5.41) is 3.40. The number of thioether (sulfide) groups is 1. The van der Waals surface area contributed by atoms with E-state index in [4.69, 9.17) is 4.74 Å². The number of carbonyl (C=O) groups is 1. The van der Waals surface area contributed by atoms with Crippen LogP contribution in [-0.2, 0) is 9.53 Å². The Balaban J connectivity index is 2.51. The van der Waals surface area contributed by atoms with Crippen LogP contribution in [-0.4, -0.2) is 28.7 Å². The van der Waals surface area contributed by atoms with E-state index in [1.54, 1.807) is 0 Å². The van der Waals surface area contributed by atoms with Gasteiger partial charge in [0.25, 0.3) is 0 Å². The van der Waals surface area contributed by atoms with Crippen molar-refractivity contribution >= 4 is 17.7 Å². The number of hydrogen-bond acceptors (Lipinski definition) is 4. The molecule has 0 saturated carbocycles. The molecule has 1 saturated heterocycles. The molecule has 0 bridgehead atoms. The van der Waals surface area contributed by atoms with Crippen LogP contribution in [0.3, 0.4) is 0 Å². The van der Waals surface area contributed by atoms with Crippen molar-refractivity contribution in [3.8, 4) is 0 Å². The van der Waals surface area contributed by atoms with E-state index < -0.39 is 0 Å². The Bertz CT molecular complexity index is 227. The van der Waals surface area contributed by atoms with E-state index >= 15 is 0 Å². The molecule has 1 rings (SSSR count). The molecule has 15 heavy (non-hydrogen) atoms. The lowest BCUT2D eigenvalue weighted by Crippen LogP contribution is -2.45. The summed E-state index contributed by atoms with van der Waals surface area (Å²) >= 11 is 1.84. The Hall–Kier alpha value is -0.220. The number of nitrogens with one attached hydrogen (secondary N) is 1. The number of rotatable bonds is 4. The molecule has 0 aromatic rings. The molecule has 4 heteroatoms. The molecule has 0 aromatic carbocycles. The molecule has 1 atom stereocenters. The minimum absolute atomic E-state index is 0.0254. The maximum atomic E-state index is 11.7. The van der Waals surface area contributed by atoms with Gasteiger partial charge in [-0.1, -0.05) is 13.8 Å². The monoisotopic (exact) mass is 231 g/mol. The van der Waals surface area contributed by atoms with E-state index in [0.29, 0.717) is 0 Å². The lowest BCUT2D eigenvalue weighted by atomic mass is 10.1. The van der Waals surface area contributed by atoms with Crippen molar-refractivity contribution < 1.29 is 9.53 Å². The molecule has 0 aliphatic carbocycles. The Kier molecular flexibility index (Phi) is 4.46. The lowest BCUT2D eigenvalue weighted by Gasteiger charge is -2.26. The van der Waals surface area contributed by atoms with E-state index in [-0.39, 0.29) is 23.0 Å². The van der Waals surface area contributed by atoms with Gasteiger partial charge >= 0.3 is 5.97 Å². The first kappa shape index (κ1) is 12.8. The van der Waals surface area contributed by atoms with Crippen LogP contribution in [0.15, 0.2) is 0 Å². The molecule has 1 fully saturated rings. The van der Waals surface area contributed by atoms with Gasteiger partial charge in [0, 0.05) is 5.75 Å². The van der Waals surface area contributed by atoms with Crippen LogP contribution in [0.1, 0.15) is 40.5 Å². The Morgan fingerprint density at radius 3 is 2.53 bits per heavy atom. The van der Waals surface area contributed by atoms with Crippen LogP contribution in [0.25, 0.3) is 0 Å². The molecular formula is C11H21NO2S. The summed E-state index contributed by atoms with van der Waals surface area (Å²) in [6.07, 6.45) is 2.06. The third-order valence-corrected chi connectivity index (χ3v) is 4.49. The average molecular weight is 231 g/mol. The summed E-state index contributed by atoms with van der Waals surface area (Å²) in [7, 11) is 0. The van der Waals surface area contributed by atoms with Crippen molar-refractivity contribution in [1.29, 1.82) is 0 Å². The van der Waals surface area contributed by atoms with Gasteiger partial charge in [0.2, 0.25) is 0 Å². The van der Waals surface area contributed by atoms with Crippen LogP contribution in [0.4, 0.5) is 0 Å². The van der Waals surface area contributed by atoms with Gasteiger partial charge in [-0.25, -0.2) is 0 Å². The van der Waals surface area contributed by atoms with E-state index in [2.05, 4.69) is 19.2 Å². The summed E-state index contributed by atoms with van der Waals surface area (Å²) in [6.45, 7) is 8.07. The summed E-state index contributed by atoms with van der Waals surface area (Å²) < 4.78 is 5.20. The minimum Gasteiger partial charge on any atom is -0.462 e. The first-order chi connectivity index (χ1) is 7.03. The number of carbonyl (C=O) groups excluding carboxylic acids is 1. The van der Waals surface area contributed by atoms with Crippen LogP contribution < -0.4 is 5.32 Å². The maximum absolute atomic E-state index is 11.7. The fourth-order valence-electron chi connectivity index (χ4n) is 1.74. The van der Waals surface area contributed by atoms with Crippen molar-refractivity contribution in [2.24, 2.45) is 0 Å². The third kappa shape index (κ3) is 3.11.